The second-order valence-corrected chi connectivity index (χ2v) is 7.46. The third kappa shape index (κ3) is 4.71. The second kappa shape index (κ2) is 8.30. The molecular formula is C21H23F4NO3. The molecule has 0 amide bonds. The predicted octanol–water partition coefficient (Wildman–Crippen LogP) is 4.17. The molecule has 3 rings (SSSR count). The number of rotatable bonds is 4. The molecule has 0 radical (unpaired) electrons. The van der Waals surface area contributed by atoms with Crippen molar-refractivity contribution in [3.63, 3.8) is 0 Å². The van der Waals surface area contributed by atoms with E-state index >= 15 is 0 Å². The van der Waals surface area contributed by atoms with Crippen molar-refractivity contribution in [2.75, 3.05) is 6.54 Å². The summed E-state index contributed by atoms with van der Waals surface area (Å²) >= 11 is 0. The third-order valence-corrected chi connectivity index (χ3v) is 5.62. The topological polar surface area (TPSA) is 63.9 Å². The summed E-state index contributed by atoms with van der Waals surface area (Å²) in [5.41, 5.74) is 0.299. The lowest BCUT2D eigenvalue weighted by atomic mass is 9.87. The van der Waals surface area contributed by atoms with Crippen LogP contribution in [0.25, 0.3) is 0 Å². The van der Waals surface area contributed by atoms with E-state index < -0.39 is 41.7 Å². The zero-order chi connectivity index (χ0) is 21.3. The van der Waals surface area contributed by atoms with E-state index in [0.717, 1.165) is 29.8 Å². The number of halogens is 4. The summed E-state index contributed by atoms with van der Waals surface area (Å²) in [6.07, 6.45) is -5.46. The first kappa shape index (κ1) is 21.5. The van der Waals surface area contributed by atoms with Gasteiger partial charge in [-0.2, -0.15) is 13.2 Å². The van der Waals surface area contributed by atoms with E-state index in [1.165, 1.54) is 18.2 Å². The van der Waals surface area contributed by atoms with E-state index in [1.807, 2.05) is 0 Å². The Balaban J connectivity index is 1.66. The largest absolute Gasteiger partial charge is 0.505 e. The molecule has 8 heteroatoms. The van der Waals surface area contributed by atoms with Crippen molar-refractivity contribution in [1.29, 1.82) is 0 Å². The van der Waals surface area contributed by atoms with E-state index in [9.17, 15) is 32.9 Å². The number of phenolic OH excluding ortho intramolecular Hbond substituents is 1. The molecule has 158 valence electrons. The molecule has 1 fully saturated rings. The zero-order valence-electron chi connectivity index (χ0n) is 15.8. The summed E-state index contributed by atoms with van der Waals surface area (Å²) in [5, 5.41) is 30.4. The van der Waals surface area contributed by atoms with Crippen molar-refractivity contribution in [2.24, 2.45) is 0 Å². The van der Waals surface area contributed by atoms with Crippen LogP contribution in [-0.4, -0.2) is 39.0 Å². The summed E-state index contributed by atoms with van der Waals surface area (Å²) in [4.78, 5) is 1.69. The number of phenols is 1. The third-order valence-electron chi connectivity index (χ3n) is 5.62. The predicted molar refractivity (Wildman–Crippen MR) is 98.6 cm³/mol. The first-order chi connectivity index (χ1) is 13.6. The number of aliphatic hydroxyl groups excluding tert-OH is 2. The zero-order valence-corrected chi connectivity index (χ0v) is 15.8. The van der Waals surface area contributed by atoms with Gasteiger partial charge >= 0.3 is 6.18 Å². The van der Waals surface area contributed by atoms with Crippen LogP contribution in [0.2, 0.25) is 0 Å². The van der Waals surface area contributed by atoms with Crippen molar-refractivity contribution in [1.82, 2.24) is 4.90 Å². The second-order valence-electron chi connectivity index (χ2n) is 7.46. The van der Waals surface area contributed by atoms with Crippen LogP contribution < -0.4 is 0 Å². The van der Waals surface area contributed by atoms with E-state index in [-0.39, 0.29) is 11.5 Å². The Kier molecular flexibility index (Phi) is 6.16. The van der Waals surface area contributed by atoms with Crippen molar-refractivity contribution in [2.45, 2.75) is 50.2 Å². The Morgan fingerprint density at radius 3 is 2.31 bits per heavy atom. The molecule has 4 unspecified atom stereocenters. The fraction of sp³-hybridized carbons (Fsp3) is 0.429. The van der Waals surface area contributed by atoms with Gasteiger partial charge < -0.3 is 15.3 Å². The number of nitrogens with zero attached hydrogens (tertiary/aromatic N) is 1. The van der Waals surface area contributed by atoms with E-state index in [1.54, 1.807) is 11.8 Å². The highest BCUT2D eigenvalue weighted by atomic mass is 19.4. The molecule has 1 saturated heterocycles. The normalized spacial score (nSPS) is 23.0. The van der Waals surface area contributed by atoms with Crippen molar-refractivity contribution < 1.29 is 32.9 Å². The lowest BCUT2D eigenvalue weighted by molar-refractivity contribution is -0.137. The number of hydrogen-bond acceptors (Lipinski definition) is 4. The van der Waals surface area contributed by atoms with Gasteiger partial charge in [-0.05, 0) is 61.1 Å². The van der Waals surface area contributed by atoms with Gasteiger partial charge in [0.25, 0.3) is 0 Å². The SMILES string of the molecule is CC(C(O)c1ccc(O)c(F)c1)N1CCC(c2ccc(C(F)(F)F)cc2)CC1O. The van der Waals surface area contributed by atoms with E-state index in [2.05, 4.69) is 0 Å². The van der Waals surface area contributed by atoms with Gasteiger partial charge in [-0.1, -0.05) is 18.2 Å². The molecule has 2 aromatic rings. The molecule has 0 aromatic heterocycles. The van der Waals surface area contributed by atoms with Gasteiger partial charge in [0.15, 0.2) is 11.6 Å². The van der Waals surface area contributed by atoms with Crippen LogP contribution in [0.1, 0.15) is 48.5 Å². The number of hydrogen-bond donors (Lipinski definition) is 3. The van der Waals surface area contributed by atoms with Crippen LogP contribution in [0.15, 0.2) is 42.5 Å². The quantitative estimate of drug-likeness (QED) is 0.659. The summed E-state index contributed by atoms with van der Waals surface area (Å²) in [7, 11) is 0. The van der Waals surface area contributed by atoms with Crippen molar-refractivity contribution in [3.05, 3.63) is 65.0 Å². The minimum atomic E-state index is -4.39. The monoisotopic (exact) mass is 413 g/mol. The highest BCUT2D eigenvalue weighted by Gasteiger charge is 2.35. The van der Waals surface area contributed by atoms with Crippen LogP contribution in [-0.2, 0) is 6.18 Å². The fourth-order valence-corrected chi connectivity index (χ4v) is 3.85. The van der Waals surface area contributed by atoms with Crippen molar-refractivity contribution in [3.8, 4) is 5.75 Å². The Labute approximate surface area is 166 Å². The average molecular weight is 413 g/mol. The number of piperidine rings is 1. The van der Waals surface area contributed by atoms with Gasteiger partial charge in [0.2, 0.25) is 0 Å². The molecule has 2 aromatic carbocycles. The standard InChI is InChI=1S/C21H23F4NO3/c1-12(20(29)15-4-7-18(27)17(22)10-15)26-9-8-14(11-19(26)28)13-2-5-16(6-3-13)21(23,24)25/h2-7,10,12,14,19-20,27-29H,8-9,11H2,1H3. The van der Waals surface area contributed by atoms with Gasteiger partial charge in [-0.15, -0.1) is 0 Å². The van der Waals surface area contributed by atoms with E-state index in [0.29, 0.717) is 19.4 Å². The van der Waals surface area contributed by atoms with Crippen LogP contribution >= 0.6 is 0 Å². The molecule has 1 heterocycles. The minimum absolute atomic E-state index is 0.0982. The molecule has 29 heavy (non-hydrogen) atoms. The molecule has 0 bridgehead atoms. The average Bonchev–Trinajstić information content (AvgIpc) is 2.68. The van der Waals surface area contributed by atoms with Gasteiger partial charge in [0, 0.05) is 12.6 Å². The number of aromatic hydroxyl groups is 1. The minimum Gasteiger partial charge on any atom is -0.505 e. The van der Waals surface area contributed by atoms with E-state index in [4.69, 9.17) is 0 Å². The lowest BCUT2D eigenvalue weighted by Gasteiger charge is -2.41. The Bertz CT molecular complexity index is 841. The summed E-state index contributed by atoms with van der Waals surface area (Å²) in [5.74, 6) is -1.44. The van der Waals surface area contributed by atoms with Gasteiger partial charge in [-0.25, -0.2) is 4.39 Å². The Morgan fingerprint density at radius 2 is 1.76 bits per heavy atom. The first-order valence-corrected chi connectivity index (χ1v) is 9.35. The van der Waals surface area contributed by atoms with Gasteiger partial charge in [-0.3, -0.25) is 4.90 Å². The molecule has 4 nitrogen and oxygen atoms in total. The molecule has 4 atom stereocenters. The smallest absolute Gasteiger partial charge is 0.416 e. The molecule has 3 N–H and O–H groups in total. The Hall–Kier alpha value is -2.16. The molecule has 1 aliphatic rings. The molecule has 0 spiro atoms. The van der Waals surface area contributed by atoms with Crippen molar-refractivity contribution >= 4 is 0 Å². The van der Waals surface area contributed by atoms with Crippen LogP contribution in [0.5, 0.6) is 5.75 Å². The molecule has 0 saturated carbocycles. The number of likely N-dealkylation sites (tertiary alicyclic amines) is 1. The van der Waals surface area contributed by atoms with Gasteiger partial charge in [0.05, 0.1) is 11.7 Å². The fourth-order valence-electron chi connectivity index (χ4n) is 3.85. The maximum Gasteiger partial charge on any atom is 0.416 e. The summed E-state index contributed by atoms with van der Waals surface area (Å²) < 4.78 is 51.7. The summed E-state index contributed by atoms with van der Waals surface area (Å²) in [6.45, 7) is 2.13. The Morgan fingerprint density at radius 1 is 1.10 bits per heavy atom. The number of benzene rings is 2. The first-order valence-electron chi connectivity index (χ1n) is 9.35. The van der Waals surface area contributed by atoms with Crippen LogP contribution in [0.3, 0.4) is 0 Å². The maximum atomic E-state index is 13.6. The molecular weight excluding hydrogens is 390 g/mol. The highest BCUT2D eigenvalue weighted by molar-refractivity contribution is 5.30. The van der Waals surface area contributed by atoms with Gasteiger partial charge in [0.1, 0.15) is 6.23 Å². The lowest BCUT2D eigenvalue weighted by Crippen LogP contribution is -2.49. The molecule has 1 aliphatic heterocycles. The molecule has 0 aliphatic carbocycles. The number of aliphatic hydroxyl groups is 2. The number of alkyl halides is 3. The summed E-state index contributed by atoms with van der Waals surface area (Å²) in [6, 6.07) is 8.06. The highest BCUT2D eigenvalue weighted by Crippen LogP contribution is 2.36. The maximum absolute atomic E-state index is 13.6. The van der Waals surface area contributed by atoms with Crippen LogP contribution in [0, 0.1) is 5.82 Å². The van der Waals surface area contributed by atoms with Crippen LogP contribution in [0.4, 0.5) is 17.6 Å².